The number of ether oxygens (including phenoxy) is 1. The summed E-state index contributed by atoms with van der Waals surface area (Å²) in [5.74, 6) is -0.0547. The molecule has 7 heteroatoms. The van der Waals surface area contributed by atoms with Gasteiger partial charge in [0.15, 0.2) is 0 Å². The second kappa shape index (κ2) is 8.33. The molecule has 3 aromatic rings. The number of nitrogens with zero attached hydrogens (tertiary/aromatic N) is 4. The van der Waals surface area contributed by atoms with Crippen molar-refractivity contribution in [3.63, 3.8) is 0 Å². The zero-order valence-electron chi connectivity index (χ0n) is 15.4. The fourth-order valence-corrected chi connectivity index (χ4v) is 3.51. The minimum atomic E-state index is -0.914. The topological polar surface area (TPSA) is 80.5 Å². The Morgan fingerprint density at radius 1 is 1.11 bits per heavy atom. The zero-order valence-corrected chi connectivity index (χ0v) is 15.4. The zero-order chi connectivity index (χ0) is 19.3. The van der Waals surface area contributed by atoms with Gasteiger partial charge in [-0.2, -0.15) is 5.10 Å². The lowest BCUT2D eigenvalue weighted by atomic mass is 10.1. The van der Waals surface area contributed by atoms with Gasteiger partial charge in [0.2, 0.25) is 0 Å². The Morgan fingerprint density at radius 3 is 2.75 bits per heavy atom. The Morgan fingerprint density at radius 2 is 1.93 bits per heavy atom. The van der Waals surface area contributed by atoms with Gasteiger partial charge in [-0.25, -0.2) is 14.5 Å². The average Bonchev–Trinajstić information content (AvgIpc) is 3.17. The predicted octanol–water partition coefficient (Wildman–Crippen LogP) is 2.60. The summed E-state index contributed by atoms with van der Waals surface area (Å²) < 4.78 is 7.64. The van der Waals surface area contributed by atoms with Gasteiger partial charge in [0.25, 0.3) is 0 Å². The Balaban J connectivity index is 1.56. The molecule has 1 aromatic heterocycles. The minimum absolute atomic E-state index is 0.0338. The Labute approximate surface area is 163 Å². The summed E-state index contributed by atoms with van der Waals surface area (Å²) in [5, 5.41) is 13.6. The van der Waals surface area contributed by atoms with Crippen molar-refractivity contribution in [3.8, 4) is 0 Å². The van der Waals surface area contributed by atoms with Crippen molar-refractivity contribution < 1.29 is 14.6 Å². The van der Waals surface area contributed by atoms with Gasteiger partial charge in [0.05, 0.1) is 31.4 Å². The first-order valence-corrected chi connectivity index (χ1v) is 9.26. The van der Waals surface area contributed by atoms with E-state index in [1.165, 1.54) is 0 Å². The van der Waals surface area contributed by atoms with Crippen LogP contribution in [0.15, 0.2) is 60.9 Å². The van der Waals surface area contributed by atoms with Gasteiger partial charge in [0, 0.05) is 13.1 Å². The highest BCUT2D eigenvalue weighted by atomic mass is 16.5. The molecule has 2 aromatic carbocycles. The third-order valence-electron chi connectivity index (χ3n) is 4.92. The van der Waals surface area contributed by atoms with E-state index in [0.29, 0.717) is 31.9 Å². The van der Waals surface area contributed by atoms with E-state index in [0.717, 1.165) is 23.5 Å². The lowest BCUT2D eigenvalue weighted by Gasteiger charge is -2.35. The van der Waals surface area contributed by atoms with Crippen LogP contribution in [0.5, 0.6) is 0 Å². The van der Waals surface area contributed by atoms with Gasteiger partial charge in [-0.05, 0) is 23.3 Å². The van der Waals surface area contributed by atoms with Crippen LogP contribution in [0.4, 0.5) is 0 Å². The summed E-state index contributed by atoms with van der Waals surface area (Å²) in [4.78, 5) is 18.0. The molecular weight excluding hydrogens is 356 g/mol. The molecule has 28 heavy (non-hydrogen) atoms. The van der Waals surface area contributed by atoms with Crippen molar-refractivity contribution in [3.05, 3.63) is 83.4 Å². The van der Waals surface area contributed by atoms with Crippen LogP contribution in [-0.4, -0.2) is 50.5 Å². The van der Waals surface area contributed by atoms with E-state index in [2.05, 4.69) is 27.1 Å². The largest absolute Gasteiger partial charge is 0.478 e. The lowest BCUT2D eigenvalue weighted by molar-refractivity contribution is -0.0174. The molecule has 1 fully saturated rings. The molecule has 0 radical (unpaired) electrons. The van der Waals surface area contributed by atoms with Crippen LogP contribution >= 0.6 is 0 Å². The van der Waals surface area contributed by atoms with Gasteiger partial charge in [-0.3, -0.25) is 4.90 Å². The van der Waals surface area contributed by atoms with E-state index in [1.54, 1.807) is 24.5 Å². The number of morpholine rings is 1. The van der Waals surface area contributed by atoms with E-state index >= 15 is 0 Å². The number of rotatable bonds is 6. The number of aromatic nitrogens is 3. The molecule has 0 amide bonds. The molecule has 0 saturated carbocycles. The van der Waals surface area contributed by atoms with E-state index < -0.39 is 5.97 Å². The van der Waals surface area contributed by atoms with E-state index in [9.17, 15) is 9.90 Å². The fraction of sp³-hybridized carbons (Fsp3) is 0.286. The molecule has 144 valence electrons. The van der Waals surface area contributed by atoms with Gasteiger partial charge in [-0.1, -0.05) is 42.5 Å². The molecular formula is C21H22N4O3. The Kier molecular flexibility index (Phi) is 5.45. The van der Waals surface area contributed by atoms with Gasteiger partial charge in [-0.15, -0.1) is 0 Å². The van der Waals surface area contributed by atoms with Crippen LogP contribution in [0.2, 0.25) is 0 Å². The molecule has 1 aliphatic heterocycles. The molecule has 1 unspecified atom stereocenters. The highest BCUT2D eigenvalue weighted by Gasteiger charge is 2.29. The second-order valence-electron chi connectivity index (χ2n) is 6.83. The molecule has 0 bridgehead atoms. The van der Waals surface area contributed by atoms with Gasteiger partial charge < -0.3 is 9.84 Å². The van der Waals surface area contributed by atoms with Crippen LogP contribution in [0.1, 0.15) is 33.4 Å². The van der Waals surface area contributed by atoms with Crippen LogP contribution in [0.3, 0.4) is 0 Å². The summed E-state index contributed by atoms with van der Waals surface area (Å²) >= 11 is 0. The summed E-state index contributed by atoms with van der Waals surface area (Å²) in [6, 6.07) is 17.2. The average molecular weight is 378 g/mol. The number of aromatic carboxylic acids is 1. The SMILES string of the molecule is O=C(O)c1cccc(CN2CCOCC2c2ncnn2Cc2ccccc2)c1. The van der Waals surface area contributed by atoms with Crippen molar-refractivity contribution in [2.75, 3.05) is 19.8 Å². The third-order valence-corrected chi connectivity index (χ3v) is 4.92. The Bertz CT molecular complexity index is 942. The predicted molar refractivity (Wildman–Crippen MR) is 103 cm³/mol. The molecule has 1 saturated heterocycles. The van der Waals surface area contributed by atoms with Crippen LogP contribution in [-0.2, 0) is 17.8 Å². The lowest BCUT2D eigenvalue weighted by Crippen LogP contribution is -2.40. The standard InChI is InChI=1S/C21H22N4O3/c26-21(27)18-8-4-7-17(11-18)12-24-9-10-28-14-19(24)20-22-15-23-25(20)13-16-5-2-1-3-6-16/h1-8,11,15,19H,9-10,12-14H2,(H,26,27). The first-order chi connectivity index (χ1) is 13.7. The normalized spacial score (nSPS) is 17.5. The number of hydrogen-bond donors (Lipinski definition) is 1. The van der Waals surface area contributed by atoms with Crippen molar-refractivity contribution in [1.82, 2.24) is 19.7 Å². The fourth-order valence-electron chi connectivity index (χ4n) is 3.51. The van der Waals surface area contributed by atoms with Crippen LogP contribution < -0.4 is 0 Å². The Hall–Kier alpha value is -3.03. The van der Waals surface area contributed by atoms with Crippen molar-refractivity contribution in [2.45, 2.75) is 19.1 Å². The molecule has 1 atom stereocenters. The summed E-state index contributed by atoms with van der Waals surface area (Å²) in [7, 11) is 0. The molecule has 7 nitrogen and oxygen atoms in total. The van der Waals surface area contributed by atoms with E-state index in [1.807, 2.05) is 28.9 Å². The maximum atomic E-state index is 11.3. The number of carbonyl (C=O) groups is 1. The number of benzene rings is 2. The maximum absolute atomic E-state index is 11.3. The molecule has 1 aliphatic rings. The van der Waals surface area contributed by atoms with E-state index in [4.69, 9.17) is 4.74 Å². The molecule has 2 heterocycles. The monoisotopic (exact) mass is 378 g/mol. The first-order valence-electron chi connectivity index (χ1n) is 9.26. The van der Waals surface area contributed by atoms with Crippen molar-refractivity contribution in [1.29, 1.82) is 0 Å². The number of carboxylic acid groups (broad SMARTS) is 1. The third kappa shape index (κ3) is 4.11. The molecule has 4 rings (SSSR count). The molecule has 0 aliphatic carbocycles. The van der Waals surface area contributed by atoms with Crippen molar-refractivity contribution in [2.24, 2.45) is 0 Å². The number of carboxylic acids is 1. The second-order valence-corrected chi connectivity index (χ2v) is 6.83. The highest BCUT2D eigenvalue weighted by Crippen LogP contribution is 2.25. The maximum Gasteiger partial charge on any atom is 0.335 e. The quantitative estimate of drug-likeness (QED) is 0.710. The molecule has 0 spiro atoms. The van der Waals surface area contributed by atoms with Crippen LogP contribution in [0.25, 0.3) is 0 Å². The van der Waals surface area contributed by atoms with Crippen molar-refractivity contribution >= 4 is 5.97 Å². The highest BCUT2D eigenvalue weighted by molar-refractivity contribution is 5.87. The summed E-state index contributed by atoms with van der Waals surface area (Å²) in [6.45, 7) is 3.20. The van der Waals surface area contributed by atoms with Gasteiger partial charge in [0.1, 0.15) is 12.2 Å². The summed E-state index contributed by atoms with van der Waals surface area (Å²) in [5.41, 5.74) is 2.42. The first kappa shape index (κ1) is 18.3. The number of hydrogen-bond acceptors (Lipinski definition) is 5. The van der Waals surface area contributed by atoms with E-state index in [-0.39, 0.29) is 6.04 Å². The van der Waals surface area contributed by atoms with Gasteiger partial charge >= 0.3 is 5.97 Å². The molecule has 1 N–H and O–H groups in total. The van der Waals surface area contributed by atoms with Crippen LogP contribution in [0, 0.1) is 0 Å². The smallest absolute Gasteiger partial charge is 0.335 e. The minimum Gasteiger partial charge on any atom is -0.478 e. The summed E-state index contributed by atoms with van der Waals surface area (Å²) in [6.07, 6.45) is 1.58.